The molecule has 2 amide bonds. The third-order valence-electron chi connectivity index (χ3n) is 5.77. The number of halogens is 1. The van der Waals surface area contributed by atoms with Crippen LogP contribution in [0.5, 0.6) is 0 Å². The van der Waals surface area contributed by atoms with Gasteiger partial charge in [-0.25, -0.2) is 4.39 Å². The van der Waals surface area contributed by atoms with Crippen molar-refractivity contribution < 1.29 is 14.0 Å². The summed E-state index contributed by atoms with van der Waals surface area (Å²) < 4.78 is 13.4. The molecule has 0 aromatic heterocycles. The molecule has 1 saturated heterocycles. The second-order valence-corrected chi connectivity index (χ2v) is 8.27. The molecule has 0 bridgehead atoms. The molecule has 1 fully saturated rings. The van der Waals surface area contributed by atoms with Gasteiger partial charge in [0.1, 0.15) is 5.82 Å². The quantitative estimate of drug-likeness (QED) is 0.755. The number of rotatable bonds is 6. The molecule has 1 aliphatic heterocycles. The van der Waals surface area contributed by atoms with Crippen molar-refractivity contribution in [2.75, 3.05) is 18.0 Å². The number of hydrogen-bond acceptors (Lipinski definition) is 3. The van der Waals surface area contributed by atoms with Crippen molar-refractivity contribution >= 4 is 17.5 Å². The molecule has 0 aliphatic carbocycles. The summed E-state index contributed by atoms with van der Waals surface area (Å²) in [7, 11) is 0. The molecule has 1 heterocycles. The molecule has 1 atom stereocenters. The van der Waals surface area contributed by atoms with Crippen molar-refractivity contribution in [2.24, 2.45) is 5.92 Å². The maximum absolute atomic E-state index is 13.4. The Bertz CT molecular complexity index is 892. The molecule has 5 nitrogen and oxygen atoms in total. The summed E-state index contributed by atoms with van der Waals surface area (Å²) in [5.41, 5.74) is 1.92. The number of nitrogens with zero attached hydrogens (tertiary/aromatic N) is 1. The van der Waals surface area contributed by atoms with Gasteiger partial charge in [-0.15, -0.1) is 0 Å². The molecule has 0 spiro atoms. The molecule has 0 unspecified atom stereocenters. The lowest BCUT2D eigenvalue weighted by atomic mass is 10.0. The predicted octanol–water partition coefficient (Wildman–Crippen LogP) is 4.00. The first-order valence-electron chi connectivity index (χ1n) is 10.6. The van der Waals surface area contributed by atoms with E-state index >= 15 is 0 Å². The van der Waals surface area contributed by atoms with Gasteiger partial charge in [-0.2, -0.15) is 0 Å². The van der Waals surface area contributed by atoms with Crippen LogP contribution in [-0.4, -0.2) is 37.0 Å². The van der Waals surface area contributed by atoms with Crippen LogP contribution in [0, 0.1) is 11.7 Å². The molecule has 2 aromatic rings. The maximum Gasteiger partial charge on any atom is 0.253 e. The Balaban J connectivity index is 1.61. The van der Waals surface area contributed by atoms with Gasteiger partial charge in [0.15, 0.2) is 0 Å². The minimum atomic E-state index is -0.417. The van der Waals surface area contributed by atoms with E-state index in [2.05, 4.69) is 29.4 Å². The standard InChI is InChI=1S/C24H30FN3O2/c1-16(2)17(3)26-24(30)21-9-4-5-10-22(21)28-13-11-20(12-14-28)27-23(29)18-7-6-8-19(25)15-18/h4-10,15-17,20H,11-14H2,1-3H3,(H,26,30)(H,27,29)/t17-/m0/s1. The van der Waals surface area contributed by atoms with Crippen LogP contribution in [-0.2, 0) is 0 Å². The smallest absolute Gasteiger partial charge is 0.253 e. The Labute approximate surface area is 177 Å². The summed E-state index contributed by atoms with van der Waals surface area (Å²) in [6, 6.07) is 13.5. The lowest BCUT2D eigenvalue weighted by Crippen LogP contribution is -2.45. The van der Waals surface area contributed by atoms with Gasteiger partial charge in [0.05, 0.1) is 5.56 Å². The average molecular weight is 412 g/mol. The van der Waals surface area contributed by atoms with Gasteiger partial charge >= 0.3 is 0 Å². The maximum atomic E-state index is 13.4. The fourth-order valence-electron chi connectivity index (χ4n) is 3.56. The Morgan fingerprint density at radius 2 is 1.70 bits per heavy atom. The van der Waals surface area contributed by atoms with Gasteiger partial charge in [-0.1, -0.05) is 32.0 Å². The van der Waals surface area contributed by atoms with E-state index in [-0.39, 0.29) is 23.9 Å². The van der Waals surface area contributed by atoms with E-state index in [0.29, 0.717) is 17.0 Å². The van der Waals surface area contributed by atoms with Crippen molar-refractivity contribution in [1.82, 2.24) is 10.6 Å². The van der Waals surface area contributed by atoms with Crippen LogP contribution in [0.2, 0.25) is 0 Å². The highest BCUT2D eigenvalue weighted by Crippen LogP contribution is 2.25. The second-order valence-electron chi connectivity index (χ2n) is 8.27. The summed E-state index contributed by atoms with van der Waals surface area (Å²) in [6.45, 7) is 7.65. The van der Waals surface area contributed by atoms with E-state index in [0.717, 1.165) is 31.6 Å². The second kappa shape index (κ2) is 9.74. The molecule has 30 heavy (non-hydrogen) atoms. The number of para-hydroxylation sites is 1. The van der Waals surface area contributed by atoms with E-state index in [9.17, 15) is 14.0 Å². The molecule has 2 N–H and O–H groups in total. The van der Waals surface area contributed by atoms with Crippen molar-refractivity contribution in [3.05, 3.63) is 65.5 Å². The Hall–Kier alpha value is -2.89. The summed E-state index contributed by atoms with van der Waals surface area (Å²) in [5, 5.41) is 6.08. The van der Waals surface area contributed by atoms with Crippen LogP contribution in [0.4, 0.5) is 10.1 Å². The van der Waals surface area contributed by atoms with Gasteiger partial charge in [0, 0.05) is 36.4 Å². The minimum Gasteiger partial charge on any atom is -0.371 e. The Morgan fingerprint density at radius 1 is 1.00 bits per heavy atom. The number of nitrogens with one attached hydrogen (secondary N) is 2. The van der Waals surface area contributed by atoms with Crippen LogP contribution >= 0.6 is 0 Å². The lowest BCUT2D eigenvalue weighted by molar-refractivity contribution is 0.0924. The summed E-state index contributed by atoms with van der Waals surface area (Å²) in [4.78, 5) is 27.4. The minimum absolute atomic E-state index is 0.0268. The van der Waals surface area contributed by atoms with Crippen LogP contribution in [0.1, 0.15) is 54.3 Å². The molecule has 0 saturated carbocycles. The zero-order valence-corrected chi connectivity index (χ0v) is 17.8. The first-order valence-corrected chi connectivity index (χ1v) is 10.6. The number of carbonyl (C=O) groups is 2. The Kier molecular flexibility index (Phi) is 7.08. The zero-order valence-electron chi connectivity index (χ0n) is 17.8. The highest BCUT2D eigenvalue weighted by Gasteiger charge is 2.24. The number of anilines is 1. The topological polar surface area (TPSA) is 61.4 Å². The van der Waals surface area contributed by atoms with Crippen molar-refractivity contribution in [2.45, 2.75) is 45.7 Å². The van der Waals surface area contributed by atoms with E-state index in [1.54, 1.807) is 6.07 Å². The van der Waals surface area contributed by atoms with Crippen LogP contribution < -0.4 is 15.5 Å². The molecule has 6 heteroatoms. The first-order chi connectivity index (χ1) is 14.3. The number of carbonyl (C=O) groups excluding carboxylic acids is 2. The fraction of sp³-hybridized carbons (Fsp3) is 0.417. The van der Waals surface area contributed by atoms with Crippen molar-refractivity contribution in [3.63, 3.8) is 0 Å². The normalized spacial score (nSPS) is 15.7. The highest BCUT2D eigenvalue weighted by atomic mass is 19.1. The number of piperidine rings is 1. The van der Waals surface area contributed by atoms with Crippen LogP contribution in [0.15, 0.2) is 48.5 Å². The SMILES string of the molecule is CC(C)[C@H](C)NC(=O)c1ccccc1N1CCC(NC(=O)c2cccc(F)c2)CC1. The van der Waals surface area contributed by atoms with Crippen molar-refractivity contribution in [1.29, 1.82) is 0 Å². The average Bonchev–Trinajstić information content (AvgIpc) is 2.74. The molecule has 3 rings (SSSR count). The van der Waals surface area contributed by atoms with Crippen LogP contribution in [0.25, 0.3) is 0 Å². The predicted molar refractivity (Wildman–Crippen MR) is 117 cm³/mol. The van der Waals surface area contributed by atoms with Gasteiger partial charge < -0.3 is 15.5 Å². The van der Waals surface area contributed by atoms with E-state index in [4.69, 9.17) is 0 Å². The summed E-state index contributed by atoms with van der Waals surface area (Å²) in [6.07, 6.45) is 1.53. The highest BCUT2D eigenvalue weighted by molar-refractivity contribution is 6.00. The zero-order chi connectivity index (χ0) is 21.7. The monoisotopic (exact) mass is 411 g/mol. The van der Waals surface area contributed by atoms with Crippen LogP contribution in [0.3, 0.4) is 0 Å². The summed E-state index contributed by atoms with van der Waals surface area (Å²) in [5.74, 6) is -0.374. The fourth-order valence-corrected chi connectivity index (χ4v) is 3.56. The number of amides is 2. The largest absolute Gasteiger partial charge is 0.371 e. The third-order valence-corrected chi connectivity index (χ3v) is 5.77. The van der Waals surface area contributed by atoms with E-state index in [1.807, 2.05) is 31.2 Å². The lowest BCUT2D eigenvalue weighted by Gasteiger charge is -2.35. The van der Waals surface area contributed by atoms with Gasteiger partial charge in [-0.05, 0) is 56.0 Å². The third kappa shape index (κ3) is 5.38. The van der Waals surface area contributed by atoms with Gasteiger partial charge in [0.2, 0.25) is 0 Å². The summed E-state index contributed by atoms with van der Waals surface area (Å²) >= 11 is 0. The number of benzene rings is 2. The molecule has 2 aromatic carbocycles. The molecule has 0 radical (unpaired) electrons. The van der Waals surface area contributed by atoms with Gasteiger partial charge in [-0.3, -0.25) is 9.59 Å². The molecular weight excluding hydrogens is 381 g/mol. The van der Waals surface area contributed by atoms with Gasteiger partial charge in [0.25, 0.3) is 11.8 Å². The Morgan fingerprint density at radius 3 is 2.37 bits per heavy atom. The molecular formula is C24H30FN3O2. The number of hydrogen-bond donors (Lipinski definition) is 2. The van der Waals surface area contributed by atoms with E-state index < -0.39 is 5.82 Å². The molecule has 1 aliphatic rings. The molecule has 160 valence electrons. The van der Waals surface area contributed by atoms with Crippen molar-refractivity contribution in [3.8, 4) is 0 Å². The first kappa shape index (κ1) is 21.8. The van der Waals surface area contributed by atoms with E-state index in [1.165, 1.54) is 18.2 Å².